The van der Waals surface area contributed by atoms with Crippen LogP contribution in [0.5, 0.6) is 5.75 Å². The molecule has 5 heteroatoms. The Bertz CT molecular complexity index is 394. The first kappa shape index (κ1) is 13.0. The van der Waals surface area contributed by atoms with Gasteiger partial charge in [0.25, 0.3) is 0 Å². The third-order valence-electron chi connectivity index (χ3n) is 2.28. The molecule has 1 rings (SSSR count). The quantitative estimate of drug-likeness (QED) is 0.914. The number of benzene rings is 1. The molecule has 1 aromatic carbocycles. The second kappa shape index (κ2) is 5.32. The van der Waals surface area contributed by atoms with Crippen molar-refractivity contribution in [3.05, 3.63) is 28.2 Å². The number of carbonyl (C=O) groups is 1. The molecule has 0 saturated heterocycles. The maximum absolute atomic E-state index is 11.3. The van der Waals surface area contributed by atoms with Crippen molar-refractivity contribution in [2.75, 3.05) is 21.2 Å². The maximum Gasteiger partial charge on any atom is 0.239 e. The Balaban J connectivity index is 3.12. The molecular formula is C11H15BrN2O2. The van der Waals surface area contributed by atoms with E-state index in [1.165, 1.54) is 0 Å². The molecule has 0 aliphatic carbocycles. The molecule has 0 heterocycles. The summed E-state index contributed by atoms with van der Waals surface area (Å²) < 4.78 is 5.93. The van der Waals surface area contributed by atoms with Gasteiger partial charge in [-0.25, -0.2) is 0 Å². The van der Waals surface area contributed by atoms with Crippen molar-refractivity contribution >= 4 is 21.8 Å². The van der Waals surface area contributed by atoms with E-state index >= 15 is 0 Å². The minimum absolute atomic E-state index is 0.373. The molecule has 0 spiro atoms. The second-order valence-corrected chi connectivity index (χ2v) is 4.52. The lowest BCUT2D eigenvalue weighted by Gasteiger charge is -2.21. The molecule has 88 valence electrons. The van der Waals surface area contributed by atoms with Crippen LogP contribution in [0.15, 0.2) is 22.7 Å². The zero-order valence-corrected chi connectivity index (χ0v) is 11.1. The fraction of sp³-hybridized carbons (Fsp3) is 0.364. The van der Waals surface area contributed by atoms with Gasteiger partial charge in [0.05, 0.1) is 11.6 Å². The highest BCUT2D eigenvalue weighted by atomic mass is 79.9. The summed E-state index contributed by atoms with van der Waals surface area (Å²) in [6.45, 7) is 0. The Morgan fingerprint density at radius 1 is 1.50 bits per heavy atom. The number of methoxy groups -OCH3 is 1. The number of hydrogen-bond acceptors (Lipinski definition) is 3. The minimum atomic E-state index is -0.429. The molecule has 0 radical (unpaired) electrons. The molecule has 1 aromatic rings. The zero-order valence-electron chi connectivity index (χ0n) is 9.53. The van der Waals surface area contributed by atoms with E-state index in [4.69, 9.17) is 10.5 Å². The van der Waals surface area contributed by atoms with Crippen LogP contribution < -0.4 is 10.5 Å². The molecule has 0 aliphatic heterocycles. The van der Waals surface area contributed by atoms with Gasteiger partial charge < -0.3 is 10.5 Å². The van der Waals surface area contributed by atoms with E-state index in [1.54, 1.807) is 18.1 Å². The fourth-order valence-electron chi connectivity index (χ4n) is 1.57. The molecule has 0 saturated carbocycles. The average Bonchev–Trinajstić information content (AvgIpc) is 2.16. The van der Waals surface area contributed by atoms with Crippen LogP contribution in [0.1, 0.15) is 11.6 Å². The van der Waals surface area contributed by atoms with Crippen LogP contribution in [0.25, 0.3) is 0 Å². The number of halogens is 1. The van der Waals surface area contributed by atoms with Crippen molar-refractivity contribution in [3.8, 4) is 5.75 Å². The Hall–Kier alpha value is -1.07. The molecule has 1 unspecified atom stereocenters. The average molecular weight is 287 g/mol. The van der Waals surface area contributed by atoms with Gasteiger partial charge in [0.15, 0.2) is 0 Å². The van der Waals surface area contributed by atoms with Crippen LogP contribution >= 0.6 is 15.9 Å². The van der Waals surface area contributed by atoms with Gasteiger partial charge in [-0.1, -0.05) is 6.07 Å². The van der Waals surface area contributed by atoms with Gasteiger partial charge >= 0.3 is 0 Å². The Morgan fingerprint density at radius 3 is 2.50 bits per heavy atom. The molecule has 4 nitrogen and oxygen atoms in total. The highest BCUT2D eigenvalue weighted by Gasteiger charge is 2.20. The first-order valence-electron chi connectivity index (χ1n) is 4.76. The van der Waals surface area contributed by atoms with Crippen molar-refractivity contribution < 1.29 is 9.53 Å². The monoisotopic (exact) mass is 286 g/mol. The topological polar surface area (TPSA) is 55.6 Å². The molecule has 0 aromatic heterocycles. The van der Waals surface area contributed by atoms with Crippen molar-refractivity contribution in [1.29, 1.82) is 0 Å². The van der Waals surface area contributed by atoms with Crippen molar-refractivity contribution in [1.82, 2.24) is 4.90 Å². The second-order valence-electron chi connectivity index (χ2n) is 3.66. The first-order valence-corrected chi connectivity index (χ1v) is 5.56. The molecule has 2 N–H and O–H groups in total. The van der Waals surface area contributed by atoms with Crippen LogP contribution in [0.3, 0.4) is 0 Å². The smallest absolute Gasteiger partial charge is 0.239 e. The number of rotatable bonds is 4. The molecule has 0 bridgehead atoms. The summed E-state index contributed by atoms with van der Waals surface area (Å²) >= 11 is 3.38. The summed E-state index contributed by atoms with van der Waals surface area (Å²) in [6, 6.07) is 5.05. The number of hydrogen-bond donors (Lipinski definition) is 1. The molecule has 1 amide bonds. The summed E-state index contributed by atoms with van der Waals surface area (Å²) in [5.74, 6) is 0.354. The number of carbonyl (C=O) groups excluding carboxylic acids is 1. The highest BCUT2D eigenvalue weighted by molar-refractivity contribution is 9.10. The molecule has 16 heavy (non-hydrogen) atoms. The predicted molar refractivity (Wildman–Crippen MR) is 66.3 cm³/mol. The number of amides is 1. The molecule has 0 fully saturated rings. The lowest BCUT2D eigenvalue weighted by Crippen LogP contribution is -2.32. The van der Waals surface area contributed by atoms with Crippen LogP contribution in [0.2, 0.25) is 0 Å². The SMILES string of the molecule is COc1ccc(C(C(N)=O)N(C)C)cc1Br. The van der Waals surface area contributed by atoms with Gasteiger partial charge in [0, 0.05) is 0 Å². The third-order valence-corrected chi connectivity index (χ3v) is 2.90. The molecular weight excluding hydrogens is 272 g/mol. The van der Waals surface area contributed by atoms with Crippen LogP contribution in [-0.2, 0) is 4.79 Å². The van der Waals surface area contributed by atoms with Crippen molar-refractivity contribution in [2.45, 2.75) is 6.04 Å². The highest BCUT2D eigenvalue weighted by Crippen LogP contribution is 2.29. The van der Waals surface area contributed by atoms with E-state index in [-0.39, 0.29) is 5.91 Å². The predicted octanol–water partition coefficient (Wildman–Crippen LogP) is 1.55. The van der Waals surface area contributed by atoms with Crippen molar-refractivity contribution in [3.63, 3.8) is 0 Å². The van der Waals surface area contributed by atoms with Gasteiger partial charge in [-0.15, -0.1) is 0 Å². The minimum Gasteiger partial charge on any atom is -0.496 e. The van der Waals surface area contributed by atoms with E-state index in [0.29, 0.717) is 0 Å². The molecule has 0 aliphatic rings. The number of likely N-dealkylation sites (N-methyl/N-ethyl adjacent to an activating group) is 1. The lowest BCUT2D eigenvalue weighted by atomic mass is 10.1. The lowest BCUT2D eigenvalue weighted by molar-refractivity contribution is -0.122. The third kappa shape index (κ3) is 2.74. The van der Waals surface area contributed by atoms with Crippen molar-refractivity contribution in [2.24, 2.45) is 5.73 Å². The van der Waals surface area contributed by atoms with Gasteiger partial charge in [-0.05, 0) is 47.7 Å². The van der Waals surface area contributed by atoms with E-state index in [2.05, 4.69) is 15.9 Å². The number of nitrogens with two attached hydrogens (primary N) is 1. The maximum atomic E-state index is 11.3. The zero-order chi connectivity index (χ0) is 12.3. The summed E-state index contributed by atoms with van der Waals surface area (Å²) in [5.41, 5.74) is 6.20. The normalized spacial score (nSPS) is 12.6. The van der Waals surface area contributed by atoms with E-state index in [0.717, 1.165) is 15.8 Å². The standard InChI is InChI=1S/C11H15BrN2O2/c1-14(2)10(11(13)15)7-4-5-9(16-3)8(12)6-7/h4-6,10H,1-3H3,(H2,13,15). The largest absolute Gasteiger partial charge is 0.496 e. The van der Waals surface area contributed by atoms with Gasteiger partial charge in [-0.3, -0.25) is 9.69 Å². The van der Waals surface area contributed by atoms with E-state index in [1.807, 2.05) is 26.2 Å². The number of ether oxygens (including phenoxy) is 1. The van der Waals surface area contributed by atoms with E-state index in [9.17, 15) is 4.79 Å². The Labute approximate surface area is 103 Å². The van der Waals surface area contributed by atoms with Gasteiger partial charge in [0.2, 0.25) is 5.91 Å². The van der Waals surface area contributed by atoms with Crippen LogP contribution in [0, 0.1) is 0 Å². The summed E-state index contributed by atoms with van der Waals surface area (Å²) in [6.07, 6.45) is 0. The number of primary amides is 1. The van der Waals surface area contributed by atoms with E-state index < -0.39 is 6.04 Å². The molecule has 1 atom stereocenters. The Kier molecular flexibility index (Phi) is 4.32. The number of nitrogens with zero attached hydrogens (tertiary/aromatic N) is 1. The summed E-state index contributed by atoms with van der Waals surface area (Å²) in [4.78, 5) is 13.1. The summed E-state index contributed by atoms with van der Waals surface area (Å²) in [7, 11) is 5.22. The van der Waals surface area contributed by atoms with Gasteiger partial charge in [0.1, 0.15) is 11.8 Å². The van der Waals surface area contributed by atoms with Crippen LogP contribution in [0.4, 0.5) is 0 Å². The Morgan fingerprint density at radius 2 is 2.12 bits per heavy atom. The summed E-state index contributed by atoms with van der Waals surface area (Å²) in [5, 5.41) is 0. The first-order chi connectivity index (χ1) is 7.47. The van der Waals surface area contributed by atoms with Gasteiger partial charge in [-0.2, -0.15) is 0 Å². The fourth-order valence-corrected chi connectivity index (χ4v) is 2.13. The van der Waals surface area contributed by atoms with Crippen LogP contribution in [-0.4, -0.2) is 32.0 Å².